The van der Waals surface area contributed by atoms with Crippen molar-refractivity contribution in [2.75, 3.05) is 0 Å². The van der Waals surface area contributed by atoms with E-state index < -0.39 is 17.7 Å². The molecule has 0 bridgehead atoms. The zero-order valence-electron chi connectivity index (χ0n) is 5.81. The van der Waals surface area contributed by atoms with Gasteiger partial charge in [-0.25, -0.2) is 9.59 Å². The van der Waals surface area contributed by atoms with Gasteiger partial charge in [0, 0.05) is 12.2 Å². The van der Waals surface area contributed by atoms with Crippen molar-refractivity contribution in [2.24, 2.45) is 0 Å². The van der Waals surface area contributed by atoms with Crippen molar-refractivity contribution >= 4 is 17.7 Å². The number of ether oxygens (including phenoxy) is 1. The van der Waals surface area contributed by atoms with Crippen LogP contribution in [0, 0.1) is 0 Å². The van der Waals surface area contributed by atoms with Crippen LogP contribution in [0.25, 0.3) is 0 Å². The van der Waals surface area contributed by atoms with Crippen LogP contribution >= 0.6 is 0 Å². The Labute approximate surface area is 66.9 Å². The van der Waals surface area contributed by atoms with E-state index in [0.717, 1.165) is 12.2 Å². The van der Waals surface area contributed by atoms with Crippen molar-refractivity contribution < 1.29 is 24.2 Å². The number of hydrogen-bond donors (Lipinski definition) is 1. The Kier molecular flexibility index (Phi) is 2.05. The van der Waals surface area contributed by atoms with Crippen molar-refractivity contribution in [3.05, 3.63) is 24.0 Å². The largest absolute Gasteiger partial charge is 0.475 e. The fourth-order valence-corrected chi connectivity index (χ4v) is 0.603. The number of allylic oxidation sites excluding steroid dienone is 1. The quantitative estimate of drug-likeness (QED) is 0.346. The molecule has 0 aliphatic carbocycles. The van der Waals surface area contributed by atoms with Gasteiger partial charge in [0.05, 0.1) is 0 Å². The Balaban J connectivity index is 2.72. The summed E-state index contributed by atoms with van der Waals surface area (Å²) in [5, 5.41) is 8.15. The molecule has 0 saturated carbocycles. The second-order valence-corrected chi connectivity index (χ2v) is 1.97. The van der Waals surface area contributed by atoms with Crippen molar-refractivity contribution in [2.45, 2.75) is 0 Å². The summed E-state index contributed by atoms with van der Waals surface area (Å²) in [5.74, 6) is -3.37. The summed E-state index contributed by atoms with van der Waals surface area (Å²) in [6.45, 7) is 0. The van der Waals surface area contributed by atoms with Crippen molar-refractivity contribution in [1.82, 2.24) is 0 Å². The molecule has 0 spiro atoms. The van der Waals surface area contributed by atoms with E-state index in [1.54, 1.807) is 0 Å². The van der Waals surface area contributed by atoms with Gasteiger partial charge in [0.1, 0.15) is 5.76 Å². The van der Waals surface area contributed by atoms with E-state index in [-0.39, 0.29) is 5.76 Å². The lowest BCUT2D eigenvalue weighted by molar-refractivity contribution is -0.147. The molecule has 0 aromatic heterocycles. The van der Waals surface area contributed by atoms with Gasteiger partial charge >= 0.3 is 11.9 Å². The van der Waals surface area contributed by atoms with Crippen LogP contribution in [0.15, 0.2) is 24.0 Å². The first-order valence-corrected chi connectivity index (χ1v) is 2.98. The molecule has 0 radical (unpaired) electrons. The number of cyclic esters (lactones) is 1. The highest BCUT2D eigenvalue weighted by molar-refractivity contribution is 6.37. The SMILES string of the molecule is O=C1C=C/C(=C/C(=O)C(=O)O)O1. The van der Waals surface area contributed by atoms with Gasteiger partial charge in [0.2, 0.25) is 0 Å². The lowest BCUT2D eigenvalue weighted by atomic mass is 10.3. The van der Waals surface area contributed by atoms with E-state index in [0.29, 0.717) is 0 Å². The van der Waals surface area contributed by atoms with Crippen LogP contribution in [0.2, 0.25) is 0 Å². The lowest BCUT2D eigenvalue weighted by Gasteiger charge is -1.91. The van der Waals surface area contributed by atoms with Crippen LogP contribution < -0.4 is 0 Å². The normalized spacial score (nSPS) is 18.0. The molecule has 1 aliphatic heterocycles. The third kappa shape index (κ3) is 1.79. The number of esters is 1. The minimum atomic E-state index is -1.58. The Morgan fingerprint density at radius 1 is 1.42 bits per heavy atom. The Hall–Kier alpha value is -1.91. The summed E-state index contributed by atoms with van der Waals surface area (Å²) in [6.07, 6.45) is 3.06. The van der Waals surface area contributed by atoms with Crippen LogP contribution in [0.5, 0.6) is 0 Å². The summed E-state index contributed by atoms with van der Waals surface area (Å²) in [5.41, 5.74) is 0. The number of carbonyl (C=O) groups is 3. The zero-order valence-corrected chi connectivity index (χ0v) is 5.81. The van der Waals surface area contributed by atoms with Crippen LogP contribution in [-0.2, 0) is 19.1 Å². The molecule has 1 aliphatic rings. The molecular weight excluding hydrogens is 164 g/mol. The second-order valence-electron chi connectivity index (χ2n) is 1.97. The summed E-state index contributed by atoms with van der Waals surface area (Å²) in [7, 11) is 0. The van der Waals surface area contributed by atoms with Crippen molar-refractivity contribution in [3.8, 4) is 0 Å². The molecule has 0 aromatic carbocycles. The smallest absolute Gasteiger partial charge is 0.376 e. The molecule has 0 amide bonds. The number of aliphatic carboxylic acids is 1. The number of carboxylic acid groups (broad SMARTS) is 1. The van der Waals surface area contributed by atoms with Crippen LogP contribution in [0.4, 0.5) is 0 Å². The molecule has 5 nitrogen and oxygen atoms in total. The lowest BCUT2D eigenvalue weighted by Crippen LogP contribution is -2.09. The topological polar surface area (TPSA) is 80.7 Å². The molecule has 0 aromatic rings. The Bertz CT molecular complexity index is 310. The predicted molar refractivity (Wildman–Crippen MR) is 36.0 cm³/mol. The van der Waals surface area contributed by atoms with Crippen LogP contribution in [0.1, 0.15) is 0 Å². The molecule has 1 N–H and O–H groups in total. The third-order valence-corrected chi connectivity index (χ3v) is 1.09. The monoisotopic (exact) mass is 168 g/mol. The van der Waals surface area contributed by atoms with Gasteiger partial charge in [-0.2, -0.15) is 0 Å². The van der Waals surface area contributed by atoms with Crippen LogP contribution in [0.3, 0.4) is 0 Å². The molecule has 0 atom stereocenters. The molecule has 1 heterocycles. The Morgan fingerprint density at radius 3 is 2.50 bits per heavy atom. The highest BCUT2D eigenvalue weighted by atomic mass is 16.5. The van der Waals surface area contributed by atoms with E-state index in [2.05, 4.69) is 4.74 Å². The molecule has 5 heteroatoms. The minimum absolute atomic E-state index is 0.0487. The van der Waals surface area contributed by atoms with E-state index >= 15 is 0 Å². The second kappa shape index (κ2) is 3.00. The number of carboxylic acids is 1. The molecule has 12 heavy (non-hydrogen) atoms. The van der Waals surface area contributed by atoms with E-state index in [1.165, 1.54) is 6.08 Å². The fourth-order valence-electron chi connectivity index (χ4n) is 0.603. The first kappa shape index (κ1) is 8.19. The predicted octanol–water partition coefficient (Wildman–Crippen LogP) is -0.363. The maximum atomic E-state index is 10.5. The number of rotatable bonds is 2. The Morgan fingerprint density at radius 2 is 2.08 bits per heavy atom. The fraction of sp³-hybridized carbons (Fsp3) is 0. The zero-order chi connectivity index (χ0) is 9.14. The maximum Gasteiger partial charge on any atom is 0.376 e. The number of hydrogen-bond acceptors (Lipinski definition) is 4. The first-order chi connectivity index (χ1) is 5.59. The van der Waals surface area contributed by atoms with Gasteiger partial charge in [-0.3, -0.25) is 4.79 Å². The standard InChI is InChI=1S/C7H4O5/c8-5(7(10)11)3-4-1-2-6(9)12-4/h1-3H,(H,10,11)/b4-3-. The van der Waals surface area contributed by atoms with Gasteiger partial charge in [-0.15, -0.1) is 0 Å². The number of carbonyl (C=O) groups excluding carboxylic acids is 2. The minimum Gasteiger partial charge on any atom is -0.475 e. The highest BCUT2D eigenvalue weighted by Gasteiger charge is 2.14. The van der Waals surface area contributed by atoms with E-state index in [4.69, 9.17) is 5.11 Å². The average molecular weight is 168 g/mol. The van der Waals surface area contributed by atoms with Gasteiger partial charge in [0.25, 0.3) is 5.78 Å². The molecular formula is C7H4O5. The van der Waals surface area contributed by atoms with E-state index in [9.17, 15) is 14.4 Å². The highest BCUT2D eigenvalue weighted by Crippen LogP contribution is 2.08. The van der Waals surface area contributed by atoms with E-state index in [1.807, 2.05) is 0 Å². The first-order valence-electron chi connectivity index (χ1n) is 2.98. The molecule has 0 unspecified atom stereocenters. The molecule has 0 fully saturated rings. The average Bonchev–Trinajstić information content (AvgIpc) is 2.35. The van der Waals surface area contributed by atoms with Gasteiger partial charge < -0.3 is 9.84 Å². The third-order valence-electron chi connectivity index (χ3n) is 1.09. The molecule has 1 rings (SSSR count). The van der Waals surface area contributed by atoms with Gasteiger partial charge in [-0.05, 0) is 6.08 Å². The van der Waals surface area contributed by atoms with Crippen LogP contribution in [-0.4, -0.2) is 22.8 Å². The summed E-state index contributed by atoms with van der Waals surface area (Å²) in [4.78, 5) is 30.9. The summed E-state index contributed by atoms with van der Waals surface area (Å²) in [6, 6.07) is 0. The molecule has 62 valence electrons. The molecule has 0 saturated heterocycles. The maximum absolute atomic E-state index is 10.5. The van der Waals surface area contributed by atoms with Gasteiger partial charge in [0.15, 0.2) is 0 Å². The van der Waals surface area contributed by atoms with Crippen molar-refractivity contribution in [1.29, 1.82) is 0 Å². The summed E-state index contributed by atoms with van der Waals surface area (Å²) >= 11 is 0. The van der Waals surface area contributed by atoms with Gasteiger partial charge in [-0.1, -0.05) is 0 Å². The number of ketones is 1. The van der Waals surface area contributed by atoms with Crippen molar-refractivity contribution in [3.63, 3.8) is 0 Å². The summed E-state index contributed by atoms with van der Waals surface area (Å²) < 4.78 is 4.41.